The van der Waals surface area contributed by atoms with Crippen molar-refractivity contribution < 1.29 is 14.3 Å². The maximum absolute atomic E-state index is 12.1. The summed E-state index contributed by atoms with van der Waals surface area (Å²) in [5, 5.41) is 0.655. The van der Waals surface area contributed by atoms with Crippen molar-refractivity contribution in [3.8, 4) is 5.75 Å². The highest BCUT2D eigenvalue weighted by atomic mass is 35.5. The van der Waals surface area contributed by atoms with Crippen LogP contribution in [0.3, 0.4) is 0 Å². The first kappa shape index (κ1) is 14.6. The Morgan fingerprint density at radius 1 is 1.15 bits per heavy atom. The molecular weight excluding hydrogens is 276 g/mol. The summed E-state index contributed by atoms with van der Waals surface area (Å²) in [4.78, 5) is 12.1. The molecule has 0 amide bonds. The van der Waals surface area contributed by atoms with Crippen molar-refractivity contribution in [2.45, 2.75) is 6.61 Å². The van der Waals surface area contributed by atoms with Gasteiger partial charge in [0, 0.05) is 5.02 Å². The van der Waals surface area contributed by atoms with E-state index in [1.807, 2.05) is 24.3 Å². The summed E-state index contributed by atoms with van der Waals surface area (Å²) in [6.45, 7) is 0.355. The van der Waals surface area contributed by atoms with Crippen molar-refractivity contribution in [2.24, 2.45) is 0 Å². The molecule has 0 aliphatic rings. The van der Waals surface area contributed by atoms with E-state index in [0.29, 0.717) is 22.9 Å². The lowest BCUT2D eigenvalue weighted by atomic mass is 10.1. The van der Waals surface area contributed by atoms with Crippen LogP contribution in [0, 0.1) is 0 Å². The predicted molar refractivity (Wildman–Crippen MR) is 78.4 cm³/mol. The van der Waals surface area contributed by atoms with Crippen molar-refractivity contribution in [2.75, 3.05) is 13.7 Å². The predicted octanol–water partition coefficient (Wildman–Crippen LogP) is 3.75. The van der Waals surface area contributed by atoms with E-state index in [0.717, 1.165) is 5.56 Å². The number of rotatable bonds is 6. The zero-order valence-electron chi connectivity index (χ0n) is 11.1. The highest BCUT2D eigenvalue weighted by Gasteiger charge is 2.11. The molecule has 0 aliphatic heterocycles. The van der Waals surface area contributed by atoms with Crippen LogP contribution in [-0.2, 0) is 11.3 Å². The van der Waals surface area contributed by atoms with Crippen LogP contribution in [0.1, 0.15) is 15.9 Å². The number of halogens is 1. The molecular formula is C16H15ClO3. The number of carbonyl (C=O) groups excluding carboxylic acids is 1. The molecule has 0 fully saturated rings. The van der Waals surface area contributed by atoms with Crippen LogP contribution >= 0.6 is 11.6 Å². The second-order valence-electron chi connectivity index (χ2n) is 4.25. The van der Waals surface area contributed by atoms with Gasteiger partial charge in [-0.25, -0.2) is 0 Å². The zero-order valence-corrected chi connectivity index (χ0v) is 11.9. The minimum absolute atomic E-state index is 0.00683. The Morgan fingerprint density at radius 2 is 1.95 bits per heavy atom. The van der Waals surface area contributed by atoms with Crippen molar-refractivity contribution in [3.63, 3.8) is 0 Å². The second kappa shape index (κ2) is 7.08. The SMILES string of the molecule is COc1ccccc1C(=O)COCc1cccc(Cl)c1. The molecule has 0 spiro atoms. The highest BCUT2D eigenvalue weighted by molar-refractivity contribution is 6.30. The van der Waals surface area contributed by atoms with E-state index in [9.17, 15) is 4.79 Å². The topological polar surface area (TPSA) is 35.5 Å². The average molecular weight is 291 g/mol. The number of hydrogen-bond acceptors (Lipinski definition) is 3. The molecule has 0 atom stereocenters. The molecule has 0 aromatic heterocycles. The summed E-state index contributed by atoms with van der Waals surface area (Å²) in [6, 6.07) is 14.5. The first-order valence-corrected chi connectivity index (χ1v) is 6.57. The smallest absolute Gasteiger partial charge is 0.192 e. The Labute approximate surface area is 123 Å². The monoisotopic (exact) mass is 290 g/mol. The molecule has 0 radical (unpaired) electrons. The highest BCUT2D eigenvalue weighted by Crippen LogP contribution is 2.18. The van der Waals surface area contributed by atoms with Crippen LogP contribution < -0.4 is 4.74 Å². The number of benzene rings is 2. The van der Waals surface area contributed by atoms with Gasteiger partial charge < -0.3 is 9.47 Å². The van der Waals surface area contributed by atoms with Gasteiger partial charge in [0.05, 0.1) is 19.3 Å². The van der Waals surface area contributed by atoms with Gasteiger partial charge >= 0.3 is 0 Å². The Morgan fingerprint density at radius 3 is 2.70 bits per heavy atom. The van der Waals surface area contributed by atoms with Crippen LogP contribution in [0.4, 0.5) is 0 Å². The van der Waals surface area contributed by atoms with Crippen molar-refractivity contribution in [1.82, 2.24) is 0 Å². The first-order chi connectivity index (χ1) is 9.70. The fraction of sp³-hybridized carbons (Fsp3) is 0.188. The Balaban J connectivity index is 1.92. The van der Waals surface area contributed by atoms with Gasteiger partial charge in [0.2, 0.25) is 0 Å². The van der Waals surface area contributed by atoms with Gasteiger partial charge in [-0.1, -0.05) is 35.9 Å². The number of ketones is 1. The summed E-state index contributed by atoms with van der Waals surface area (Å²) in [5.41, 5.74) is 1.46. The lowest BCUT2D eigenvalue weighted by Crippen LogP contribution is -2.10. The van der Waals surface area contributed by atoms with E-state index in [-0.39, 0.29) is 12.4 Å². The van der Waals surface area contributed by atoms with E-state index in [1.165, 1.54) is 0 Å². The maximum atomic E-state index is 12.1. The minimum Gasteiger partial charge on any atom is -0.496 e. The largest absolute Gasteiger partial charge is 0.496 e. The summed E-state index contributed by atoms with van der Waals surface area (Å²) >= 11 is 5.88. The number of ether oxygens (including phenoxy) is 2. The number of methoxy groups -OCH3 is 1. The lowest BCUT2D eigenvalue weighted by molar-refractivity contribution is 0.0724. The molecule has 0 N–H and O–H groups in total. The molecule has 3 nitrogen and oxygen atoms in total. The fourth-order valence-corrected chi connectivity index (χ4v) is 2.05. The third-order valence-electron chi connectivity index (χ3n) is 2.80. The molecule has 0 saturated heterocycles. The molecule has 0 aliphatic carbocycles. The Bertz CT molecular complexity index is 596. The summed E-state index contributed by atoms with van der Waals surface area (Å²) in [6.07, 6.45) is 0. The van der Waals surface area contributed by atoms with E-state index in [1.54, 1.807) is 31.4 Å². The fourth-order valence-electron chi connectivity index (χ4n) is 1.84. The quantitative estimate of drug-likeness (QED) is 0.760. The number of Topliss-reactive ketones (excluding diaryl/α,β-unsaturated/α-hetero) is 1. The van der Waals surface area contributed by atoms with Crippen LogP contribution in [0.25, 0.3) is 0 Å². The summed E-state index contributed by atoms with van der Waals surface area (Å²) in [5.74, 6) is 0.452. The third-order valence-corrected chi connectivity index (χ3v) is 3.03. The van der Waals surface area contributed by atoms with Crippen molar-refractivity contribution in [1.29, 1.82) is 0 Å². The van der Waals surface area contributed by atoms with E-state index in [2.05, 4.69) is 0 Å². The molecule has 0 bridgehead atoms. The number of para-hydroxylation sites is 1. The van der Waals surface area contributed by atoms with Gasteiger partial charge in [-0.3, -0.25) is 4.79 Å². The minimum atomic E-state index is -0.107. The summed E-state index contributed by atoms with van der Waals surface area (Å²) in [7, 11) is 1.54. The second-order valence-corrected chi connectivity index (χ2v) is 4.68. The van der Waals surface area contributed by atoms with Crippen molar-refractivity contribution in [3.05, 3.63) is 64.7 Å². The van der Waals surface area contributed by atoms with Crippen LogP contribution in [0.2, 0.25) is 5.02 Å². The zero-order chi connectivity index (χ0) is 14.4. The van der Waals surface area contributed by atoms with E-state index in [4.69, 9.17) is 21.1 Å². The maximum Gasteiger partial charge on any atom is 0.192 e. The standard InChI is InChI=1S/C16H15ClO3/c1-19-16-8-3-2-7-14(16)15(18)11-20-10-12-5-4-6-13(17)9-12/h2-9H,10-11H2,1H3. The van der Waals surface area contributed by atoms with Crippen LogP contribution in [-0.4, -0.2) is 19.5 Å². The number of hydrogen-bond donors (Lipinski definition) is 0. The third kappa shape index (κ3) is 3.83. The molecule has 2 aromatic carbocycles. The lowest BCUT2D eigenvalue weighted by Gasteiger charge is -2.08. The molecule has 0 unspecified atom stereocenters. The van der Waals surface area contributed by atoms with Crippen LogP contribution in [0.15, 0.2) is 48.5 Å². The van der Waals surface area contributed by atoms with Gasteiger partial charge in [-0.15, -0.1) is 0 Å². The van der Waals surface area contributed by atoms with Gasteiger partial charge in [-0.2, -0.15) is 0 Å². The average Bonchev–Trinajstić information content (AvgIpc) is 2.47. The van der Waals surface area contributed by atoms with Crippen LogP contribution in [0.5, 0.6) is 5.75 Å². The number of carbonyl (C=O) groups is 1. The molecule has 20 heavy (non-hydrogen) atoms. The van der Waals surface area contributed by atoms with Gasteiger partial charge in [0.1, 0.15) is 12.4 Å². The van der Waals surface area contributed by atoms with Gasteiger partial charge in [0.25, 0.3) is 0 Å². The van der Waals surface area contributed by atoms with Gasteiger partial charge in [0.15, 0.2) is 5.78 Å². The normalized spacial score (nSPS) is 10.3. The Hall–Kier alpha value is -1.84. The molecule has 2 aromatic rings. The van der Waals surface area contributed by atoms with Gasteiger partial charge in [-0.05, 0) is 29.8 Å². The summed E-state index contributed by atoms with van der Waals surface area (Å²) < 4.78 is 10.6. The molecule has 2 rings (SSSR count). The molecule has 0 saturated carbocycles. The van der Waals surface area contributed by atoms with Crippen molar-refractivity contribution >= 4 is 17.4 Å². The van der Waals surface area contributed by atoms with E-state index >= 15 is 0 Å². The molecule has 104 valence electrons. The first-order valence-electron chi connectivity index (χ1n) is 6.19. The van der Waals surface area contributed by atoms with E-state index < -0.39 is 0 Å². The molecule has 0 heterocycles. The molecule has 4 heteroatoms. The Kier molecular flexibility index (Phi) is 5.16.